The van der Waals surface area contributed by atoms with Gasteiger partial charge in [0.05, 0.1) is 0 Å². The van der Waals surface area contributed by atoms with Crippen molar-refractivity contribution in [2.24, 2.45) is 0 Å². The normalized spacial score (nSPS) is 14.8. The first kappa shape index (κ1) is 14.1. The molecule has 0 N–H and O–H groups in total. The van der Waals surface area contributed by atoms with Crippen LogP contribution in [-0.2, 0) is 14.3 Å². The second-order valence-corrected chi connectivity index (χ2v) is 4.49. The lowest BCUT2D eigenvalue weighted by Gasteiger charge is -2.15. The van der Waals surface area contributed by atoms with Gasteiger partial charge in [-0.3, -0.25) is 4.79 Å². The fourth-order valence-corrected chi connectivity index (χ4v) is 2.04. The Balaban J connectivity index is 1.97. The number of rotatable bonds is 5. The molecule has 1 aliphatic heterocycles. The molecule has 0 saturated carbocycles. The number of esters is 1. The topological polar surface area (TPSA) is 46.6 Å². The van der Waals surface area contributed by atoms with Gasteiger partial charge in [0.25, 0.3) is 0 Å². The molecule has 20 heavy (non-hydrogen) atoms. The number of amides is 1. The summed E-state index contributed by atoms with van der Waals surface area (Å²) in [6, 6.07) is 7.52. The van der Waals surface area contributed by atoms with Crippen molar-refractivity contribution in [3.05, 3.63) is 48.6 Å². The molecule has 2 rings (SSSR count). The maximum atomic E-state index is 11.6. The summed E-state index contributed by atoms with van der Waals surface area (Å²) < 4.78 is 4.84. The highest BCUT2D eigenvalue weighted by Crippen LogP contribution is 2.21. The molecule has 1 aromatic rings. The number of anilines is 1. The molecule has 1 saturated heterocycles. The van der Waals surface area contributed by atoms with Gasteiger partial charge in [-0.25, -0.2) is 4.79 Å². The SMILES string of the molecule is C=CCOC(=O)/C=C/c1ccc(N2CCCC2=O)cc1. The number of nitrogens with zero attached hydrogens (tertiary/aromatic N) is 1. The van der Waals surface area contributed by atoms with Crippen LogP contribution in [0.3, 0.4) is 0 Å². The van der Waals surface area contributed by atoms with E-state index in [1.807, 2.05) is 24.3 Å². The van der Waals surface area contributed by atoms with Crippen LogP contribution >= 0.6 is 0 Å². The van der Waals surface area contributed by atoms with E-state index in [-0.39, 0.29) is 12.5 Å². The van der Waals surface area contributed by atoms with Gasteiger partial charge >= 0.3 is 5.97 Å². The number of carbonyl (C=O) groups excluding carboxylic acids is 2. The van der Waals surface area contributed by atoms with Crippen LogP contribution in [0.1, 0.15) is 18.4 Å². The summed E-state index contributed by atoms with van der Waals surface area (Å²) in [6.07, 6.45) is 6.11. The average Bonchev–Trinajstić information content (AvgIpc) is 2.89. The predicted octanol–water partition coefficient (Wildman–Crippen LogP) is 2.56. The van der Waals surface area contributed by atoms with E-state index in [4.69, 9.17) is 4.74 Å². The Morgan fingerprint density at radius 2 is 2.10 bits per heavy atom. The highest BCUT2D eigenvalue weighted by atomic mass is 16.5. The molecule has 4 heteroatoms. The monoisotopic (exact) mass is 271 g/mol. The van der Waals surface area contributed by atoms with Crippen molar-refractivity contribution < 1.29 is 14.3 Å². The van der Waals surface area contributed by atoms with Crippen LogP contribution in [0.15, 0.2) is 43.0 Å². The van der Waals surface area contributed by atoms with Gasteiger partial charge < -0.3 is 9.64 Å². The van der Waals surface area contributed by atoms with Crippen molar-refractivity contribution in [2.45, 2.75) is 12.8 Å². The molecule has 104 valence electrons. The summed E-state index contributed by atoms with van der Waals surface area (Å²) in [4.78, 5) is 24.7. The van der Waals surface area contributed by atoms with Crippen molar-refractivity contribution in [3.8, 4) is 0 Å². The van der Waals surface area contributed by atoms with Crippen LogP contribution in [0.2, 0.25) is 0 Å². The Kier molecular flexibility index (Phi) is 4.71. The molecular formula is C16H17NO3. The van der Waals surface area contributed by atoms with Crippen molar-refractivity contribution in [1.82, 2.24) is 0 Å². The van der Waals surface area contributed by atoms with Crippen LogP contribution in [0.5, 0.6) is 0 Å². The molecule has 1 aliphatic rings. The largest absolute Gasteiger partial charge is 0.458 e. The van der Waals surface area contributed by atoms with E-state index in [9.17, 15) is 9.59 Å². The van der Waals surface area contributed by atoms with E-state index in [0.29, 0.717) is 6.42 Å². The summed E-state index contributed by atoms with van der Waals surface area (Å²) in [7, 11) is 0. The Morgan fingerprint density at radius 1 is 1.35 bits per heavy atom. The molecule has 0 atom stereocenters. The summed E-state index contributed by atoms with van der Waals surface area (Å²) in [5, 5.41) is 0. The summed E-state index contributed by atoms with van der Waals surface area (Å²) in [5.41, 5.74) is 1.79. The second kappa shape index (κ2) is 6.70. The fraction of sp³-hybridized carbons (Fsp3) is 0.250. The van der Waals surface area contributed by atoms with Crippen LogP contribution in [-0.4, -0.2) is 25.0 Å². The first-order chi connectivity index (χ1) is 9.70. The van der Waals surface area contributed by atoms with E-state index in [0.717, 1.165) is 24.2 Å². The van der Waals surface area contributed by atoms with Gasteiger partial charge in [-0.1, -0.05) is 24.8 Å². The third-order valence-electron chi connectivity index (χ3n) is 3.03. The molecule has 0 aliphatic carbocycles. The van der Waals surface area contributed by atoms with Gasteiger partial charge in [-0.15, -0.1) is 0 Å². The number of hydrogen-bond acceptors (Lipinski definition) is 3. The minimum Gasteiger partial charge on any atom is -0.458 e. The van der Waals surface area contributed by atoms with E-state index >= 15 is 0 Å². The molecule has 1 fully saturated rings. The van der Waals surface area contributed by atoms with Crippen LogP contribution in [0.25, 0.3) is 6.08 Å². The molecular weight excluding hydrogens is 254 g/mol. The maximum Gasteiger partial charge on any atom is 0.331 e. The lowest BCUT2D eigenvalue weighted by molar-refractivity contribution is -0.136. The summed E-state index contributed by atoms with van der Waals surface area (Å²) in [5.74, 6) is -0.231. The van der Waals surface area contributed by atoms with E-state index < -0.39 is 5.97 Å². The smallest absolute Gasteiger partial charge is 0.331 e. The van der Waals surface area contributed by atoms with E-state index in [1.165, 1.54) is 12.2 Å². The van der Waals surface area contributed by atoms with Crippen LogP contribution in [0.4, 0.5) is 5.69 Å². The summed E-state index contributed by atoms with van der Waals surface area (Å²) >= 11 is 0. The minimum absolute atomic E-state index is 0.168. The molecule has 0 unspecified atom stereocenters. The Labute approximate surface area is 118 Å². The first-order valence-corrected chi connectivity index (χ1v) is 6.57. The molecule has 0 radical (unpaired) electrons. The zero-order chi connectivity index (χ0) is 14.4. The number of carbonyl (C=O) groups is 2. The van der Waals surface area contributed by atoms with Crippen LogP contribution < -0.4 is 4.90 Å². The van der Waals surface area contributed by atoms with E-state index in [2.05, 4.69) is 6.58 Å². The van der Waals surface area contributed by atoms with Gasteiger partial charge in [0, 0.05) is 24.7 Å². The van der Waals surface area contributed by atoms with Gasteiger partial charge in [-0.2, -0.15) is 0 Å². The zero-order valence-corrected chi connectivity index (χ0v) is 11.2. The third kappa shape index (κ3) is 3.57. The molecule has 1 aromatic carbocycles. The average molecular weight is 271 g/mol. The maximum absolute atomic E-state index is 11.6. The molecule has 1 amide bonds. The highest BCUT2D eigenvalue weighted by molar-refractivity contribution is 5.95. The van der Waals surface area contributed by atoms with Crippen molar-refractivity contribution in [1.29, 1.82) is 0 Å². The lowest BCUT2D eigenvalue weighted by atomic mass is 10.2. The molecule has 0 spiro atoms. The predicted molar refractivity (Wildman–Crippen MR) is 78.2 cm³/mol. The number of ether oxygens (including phenoxy) is 1. The molecule has 4 nitrogen and oxygen atoms in total. The summed E-state index contributed by atoms with van der Waals surface area (Å²) in [6.45, 7) is 4.46. The first-order valence-electron chi connectivity index (χ1n) is 6.57. The Hall–Kier alpha value is -2.36. The number of hydrogen-bond donors (Lipinski definition) is 0. The van der Waals surface area contributed by atoms with Gasteiger partial charge in [-0.05, 0) is 30.2 Å². The van der Waals surface area contributed by atoms with Gasteiger partial charge in [0.1, 0.15) is 6.61 Å². The van der Waals surface area contributed by atoms with Crippen molar-refractivity contribution in [3.63, 3.8) is 0 Å². The quantitative estimate of drug-likeness (QED) is 0.470. The van der Waals surface area contributed by atoms with Crippen molar-refractivity contribution >= 4 is 23.6 Å². The second-order valence-electron chi connectivity index (χ2n) is 4.49. The van der Waals surface area contributed by atoms with Crippen LogP contribution in [0, 0.1) is 0 Å². The zero-order valence-electron chi connectivity index (χ0n) is 11.2. The molecule has 1 heterocycles. The molecule has 0 aromatic heterocycles. The highest BCUT2D eigenvalue weighted by Gasteiger charge is 2.21. The third-order valence-corrected chi connectivity index (χ3v) is 3.03. The Bertz CT molecular complexity index is 531. The standard InChI is InChI=1S/C16H17NO3/c1-2-12-20-16(19)10-7-13-5-8-14(9-6-13)17-11-3-4-15(17)18/h2,5-10H,1,3-4,11-12H2/b10-7+. The fourth-order valence-electron chi connectivity index (χ4n) is 2.04. The van der Waals surface area contributed by atoms with Crippen molar-refractivity contribution in [2.75, 3.05) is 18.1 Å². The Morgan fingerprint density at radius 3 is 2.70 bits per heavy atom. The number of benzene rings is 1. The lowest BCUT2D eigenvalue weighted by Crippen LogP contribution is -2.23. The van der Waals surface area contributed by atoms with Gasteiger partial charge in [0.15, 0.2) is 0 Å². The molecule has 0 bridgehead atoms. The van der Waals surface area contributed by atoms with Gasteiger partial charge in [0.2, 0.25) is 5.91 Å². The minimum atomic E-state index is -0.399. The van der Waals surface area contributed by atoms with E-state index in [1.54, 1.807) is 11.0 Å².